The van der Waals surface area contributed by atoms with E-state index in [4.69, 9.17) is 0 Å². The molecule has 0 aromatic rings. The fourth-order valence-corrected chi connectivity index (χ4v) is 3.42. The molecule has 1 aliphatic carbocycles. The zero-order chi connectivity index (χ0) is 12.4. The van der Waals surface area contributed by atoms with Crippen molar-refractivity contribution in [2.45, 2.75) is 58.5 Å². The monoisotopic (exact) mass is 238 g/mol. The summed E-state index contributed by atoms with van der Waals surface area (Å²) in [6.45, 7) is 9.81. The lowest BCUT2D eigenvalue weighted by molar-refractivity contribution is 0.0413. The van der Waals surface area contributed by atoms with Gasteiger partial charge in [-0.25, -0.2) is 0 Å². The summed E-state index contributed by atoms with van der Waals surface area (Å²) < 4.78 is 0. The minimum absolute atomic E-state index is 0.707. The van der Waals surface area contributed by atoms with Crippen molar-refractivity contribution in [2.75, 3.05) is 20.1 Å². The number of likely N-dealkylation sites (tertiary alicyclic amines) is 1. The van der Waals surface area contributed by atoms with Crippen molar-refractivity contribution in [3.63, 3.8) is 0 Å². The highest BCUT2D eigenvalue weighted by Crippen LogP contribution is 2.34. The van der Waals surface area contributed by atoms with Crippen LogP contribution in [0.25, 0.3) is 0 Å². The van der Waals surface area contributed by atoms with Crippen molar-refractivity contribution in [1.29, 1.82) is 0 Å². The molecular weight excluding hydrogens is 208 g/mol. The minimum atomic E-state index is 0.707. The normalized spacial score (nSPS) is 33.7. The second-order valence-electron chi connectivity index (χ2n) is 6.61. The van der Waals surface area contributed by atoms with E-state index in [1.165, 1.54) is 38.8 Å². The number of rotatable bonds is 4. The Morgan fingerprint density at radius 1 is 1.06 bits per heavy atom. The molecule has 0 spiro atoms. The molecule has 2 aliphatic rings. The smallest absolute Gasteiger partial charge is 0.0195 e. The number of piperidine rings is 1. The molecule has 2 nitrogen and oxygen atoms in total. The van der Waals surface area contributed by atoms with Gasteiger partial charge in [-0.15, -0.1) is 0 Å². The summed E-state index contributed by atoms with van der Waals surface area (Å²) in [5.41, 5.74) is 0. The molecule has 3 atom stereocenters. The second-order valence-corrected chi connectivity index (χ2v) is 6.61. The molecule has 2 fully saturated rings. The third-order valence-corrected chi connectivity index (χ3v) is 5.27. The number of nitrogens with zero attached hydrogens (tertiary/aromatic N) is 1. The first kappa shape index (κ1) is 13.4. The molecule has 1 heterocycles. The SMILES string of the molecule is CNC1CC(C(C)C)CN(C(C)C2CCC2)C1. The Labute approximate surface area is 107 Å². The molecule has 1 N–H and O–H groups in total. The molecule has 0 aromatic carbocycles. The van der Waals surface area contributed by atoms with Crippen molar-refractivity contribution in [3.05, 3.63) is 0 Å². The van der Waals surface area contributed by atoms with Crippen molar-refractivity contribution >= 4 is 0 Å². The highest BCUT2D eigenvalue weighted by molar-refractivity contribution is 4.90. The molecule has 1 saturated carbocycles. The van der Waals surface area contributed by atoms with Gasteiger partial charge in [0.1, 0.15) is 0 Å². The van der Waals surface area contributed by atoms with Crippen LogP contribution in [0.1, 0.15) is 46.5 Å². The van der Waals surface area contributed by atoms with Crippen molar-refractivity contribution < 1.29 is 0 Å². The lowest BCUT2D eigenvalue weighted by atomic mass is 9.77. The lowest BCUT2D eigenvalue weighted by Crippen LogP contribution is -2.54. The highest BCUT2D eigenvalue weighted by atomic mass is 15.2. The molecule has 0 bridgehead atoms. The summed E-state index contributed by atoms with van der Waals surface area (Å²) in [5.74, 6) is 2.68. The van der Waals surface area contributed by atoms with Gasteiger partial charge in [-0.05, 0) is 51.0 Å². The van der Waals surface area contributed by atoms with Gasteiger partial charge in [0.25, 0.3) is 0 Å². The van der Waals surface area contributed by atoms with Gasteiger partial charge >= 0.3 is 0 Å². The van der Waals surface area contributed by atoms with Gasteiger partial charge in [0.15, 0.2) is 0 Å². The molecule has 2 heteroatoms. The Hall–Kier alpha value is -0.0800. The van der Waals surface area contributed by atoms with Crippen LogP contribution in [0, 0.1) is 17.8 Å². The van der Waals surface area contributed by atoms with Gasteiger partial charge < -0.3 is 5.32 Å². The average Bonchev–Trinajstić information content (AvgIpc) is 2.25. The molecule has 0 radical (unpaired) electrons. The number of hydrogen-bond acceptors (Lipinski definition) is 2. The Bertz CT molecular complexity index is 235. The molecule has 3 unspecified atom stereocenters. The Morgan fingerprint density at radius 2 is 1.76 bits per heavy atom. The van der Waals surface area contributed by atoms with Gasteiger partial charge in [-0.3, -0.25) is 4.90 Å². The first-order chi connectivity index (χ1) is 8.11. The van der Waals surface area contributed by atoms with E-state index in [-0.39, 0.29) is 0 Å². The maximum atomic E-state index is 3.51. The van der Waals surface area contributed by atoms with E-state index in [1.807, 2.05) is 0 Å². The Balaban J connectivity index is 1.95. The predicted molar refractivity (Wildman–Crippen MR) is 74.2 cm³/mol. The zero-order valence-corrected chi connectivity index (χ0v) is 12.1. The van der Waals surface area contributed by atoms with Crippen molar-refractivity contribution in [1.82, 2.24) is 10.2 Å². The maximum Gasteiger partial charge on any atom is 0.0195 e. The van der Waals surface area contributed by atoms with E-state index in [2.05, 4.69) is 38.0 Å². The number of nitrogens with one attached hydrogen (secondary N) is 1. The largest absolute Gasteiger partial charge is 0.316 e. The van der Waals surface area contributed by atoms with E-state index < -0.39 is 0 Å². The van der Waals surface area contributed by atoms with Crippen LogP contribution >= 0.6 is 0 Å². The molecule has 1 aliphatic heterocycles. The molecular formula is C15H30N2. The second kappa shape index (κ2) is 5.71. The number of likely N-dealkylation sites (N-methyl/N-ethyl adjacent to an activating group) is 1. The zero-order valence-electron chi connectivity index (χ0n) is 12.1. The van der Waals surface area contributed by atoms with Crippen LogP contribution in [-0.2, 0) is 0 Å². The molecule has 17 heavy (non-hydrogen) atoms. The van der Waals surface area contributed by atoms with Crippen LogP contribution in [-0.4, -0.2) is 37.1 Å². The summed E-state index contributed by atoms with van der Waals surface area (Å²) in [5, 5.41) is 3.51. The molecule has 1 saturated heterocycles. The third-order valence-electron chi connectivity index (χ3n) is 5.27. The average molecular weight is 238 g/mol. The number of hydrogen-bond donors (Lipinski definition) is 1. The van der Waals surface area contributed by atoms with Crippen LogP contribution < -0.4 is 5.32 Å². The van der Waals surface area contributed by atoms with E-state index >= 15 is 0 Å². The summed E-state index contributed by atoms with van der Waals surface area (Å²) in [6, 6.07) is 1.51. The van der Waals surface area contributed by atoms with Gasteiger partial charge in [0.05, 0.1) is 0 Å². The van der Waals surface area contributed by atoms with E-state index in [1.54, 1.807) is 0 Å². The molecule has 0 aromatic heterocycles. The predicted octanol–water partition coefficient (Wildman–Crippen LogP) is 2.74. The lowest BCUT2D eigenvalue weighted by Gasteiger charge is -2.46. The first-order valence-electron chi connectivity index (χ1n) is 7.53. The van der Waals surface area contributed by atoms with Crippen LogP contribution in [0.2, 0.25) is 0 Å². The summed E-state index contributed by atoms with van der Waals surface area (Å²) >= 11 is 0. The van der Waals surface area contributed by atoms with Gasteiger partial charge in [0.2, 0.25) is 0 Å². The maximum absolute atomic E-state index is 3.51. The van der Waals surface area contributed by atoms with E-state index in [0.29, 0.717) is 6.04 Å². The molecule has 100 valence electrons. The van der Waals surface area contributed by atoms with Gasteiger partial charge in [-0.2, -0.15) is 0 Å². The van der Waals surface area contributed by atoms with Gasteiger partial charge in [-0.1, -0.05) is 20.3 Å². The summed E-state index contributed by atoms with van der Waals surface area (Å²) in [4.78, 5) is 2.76. The summed E-state index contributed by atoms with van der Waals surface area (Å²) in [6.07, 6.45) is 5.76. The quantitative estimate of drug-likeness (QED) is 0.810. The van der Waals surface area contributed by atoms with Crippen LogP contribution in [0.15, 0.2) is 0 Å². The van der Waals surface area contributed by atoms with Gasteiger partial charge in [0, 0.05) is 25.2 Å². The third kappa shape index (κ3) is 3.03. The van der Waals surface area contributed by atoms with E-state index in [0.717, 1.165) is 23.8 Å². The fourth-order valence-electron chi connectivity index (χ4n) is 3.42. The van der Waals surface area contributed by atoms with Crippen molar-refractivity contribution in [3.8, 4) is 0 Å². The fraction of sp³-hybridized carbons (Fsp3) is 1.00. The first-order valence-corrected chi connectivity index (χ1v) is 7.53. The Morgan fingerprint density at radius 3 is 2.24 bits per heavy atom. The van der Waals surface area contributed by atoms with Crippen LogP contribution in [0.4, 0.5) is 0 Å². The summed E-state index contributed by atoms with van der Waals surface area (Å²) in [7, 11) is 2.12. The van der Waals surface area contributed by atoms with Crippen LogP contribution in [0.3, 0.4) is 0 Å². The highest BCUT2D eigenvalue weighted by Gasteiger charge is 2.34. The minimum Gasteiger partial charge on any atom is -0.316 e. The van der Waals surface area contributed by atoms with E-state index in [9.17, 15) is 0 Å². The topological polar surface area (TPSA) is 15.3 Å². The molecule has 0 amide bonds. The standard InChI is InChI=1S/C15H30N2/c1-11(2)14-8-15(16-4)10-17(9-14)12(3)13-6-5-7-13/h11-16H,5-10H2,1-4H3. The Kier molecular flexibility index (Phi) is 4.48. The van der Waals surface area contributed by atoms with Crippen molar-refractivity contribution in [2.24, 2.45) is 17.8 Å². The van der Waals surface area contributed by atoms with Crippen LogP contribution in [0.5, 0.6) is 0 Å². The molecule has 2 rings (SSSR count).